The van der Waals surface area contributed by atoms with E-state index in [4.69, 9.17) is 0 Å². The molecule has 2 rings (SSSR count). The van der Waals surface area contributed by atoms with Gasteiger partial charge in [-0.05, 0) is 29.8 Å². The van der Waals surface area contributed by atoms with E-state index in [1.807, 2.05) is 0 Å². The minimum Gasteiger partial charge on any atom is -0.206 e. The zero-order chi connectivity index (χ0) is 13.3. The summed E-state index contributed by atoms with van der Waals surface area (Å²) in [5, 5.41) is 0. The normalized spacial score (nSPS) is 11.6. The van der Waals surface area contributed by atoms with Crippen molar-refractivity contribution in [2.24, 2.45) is 0 Å². The molecule has 0 fully saturated rings. The SMILES string of the molecule is Fc1cccc(F)c1-c1cc[c]cc1C(F)(F)F. The first-order valence-electron chi connectivity index (χ1n) is 4.93. The zero-order valence-electron chi connectivity index (χ0n) is 8.85. The van der Waals surface area contributed by atoms with Gasteiger partial charge in [0.25, 0.3) is 0 Å². The van der Waals surface area contributed by atoms with E-state index in [1.165, 1.54) is 6.07 Å². The van der Waals surface area contributed by atoms with Gasteiger partial charge in [0.1, 0.15) is 11.6 Å². The Morgan fingerprint density at radius 1 is 0.944 bits per heavy atom. The van der Waals surface area contributed by atoms with Crippen molar-refractivity contribution in [3.05, 3.63) is 59.7 Å². The Hall–Kier alpha value is -1.91. The predicted molar refractivity (Wildman–Crippen MR) is 55.6 cm³/mol. The van der Waals surface area contributed by atoms with Crippen LogP contribution < -0.4 is 0 Å². The van der Waals surface area contributed by atoms with Crippen molar-refractivity contribution in [2.75, 3.05) is 0 Å². The summed E-state index contributed by atoms with van der Waals surface area (Å²) in [5.74, 6) is -2.07. The number of benzene rings is 2. The van der Waals surface area contributed by atoms with Gasteiger partial charge in [-0.25, -0.2) is 8.78 Å². The predicted octanol–water partition coefficient (Wildman–Crippen LogP) is 4.45. The molecule has 0 aromatic heterocycles. The fourth-order valence-electron chi connectivity index (χ4n) is 1.64. The first-order chi connectivity index (χ1) is 8.41. The van der Waals surface area contributed by atoms with Crippen LogP contribution in [0.3, 0.4) is 0 Å². The molecule has 0 heterocycles. The van der Waals surface area contributed by atoms with Crippen LogP contribution in [0, 0.1) is 17.7 Å². The largest absolute Gasteiger partial charge is 0.417 e. The first kappa shape index (κ1) is 12.5. The standard InChI is InChI=1S/C13H6F5/c14-10-6-3-7-11(15)12(10)8-4-1-2-5-9(8)13(16,17)18/h1,3-7H. The maximum Gasteiger partial charge on any atom is 0.417 e. The molecule has 0 saturated heterocycles. The van der Waals surface area contributed by atoms with Crippen LogP contribution in [-0.4, -0.2) is 0 Å². The van der Waals surface area contributed by atoms with Gasteiger partial charge in [-0.15, -0.1) is 0 Å². The van der Waals surface area contributed by atoms with Crippen LogP contribution >= 0.6 is 0 Å². The average Bonchev–Trinajstić information content (AvgIpc) is 2.28. The minimum atomic E-state index is -4.69. The van der Waals surface area contributed by atoms with Gasteiger partial charge in [0.2, 0.25) is 0 Å². The zero-order valence-corrected chi connectivity index (χ0v) is 8.85. The van der Waals surface area contributed by atoms with Crippen LogP contribution in [0.25, 0.3) is 11.1 Å². The molecule has 0 saturated carbocycles. The van der Waals surface area contributed by atoms with Gasteiger partial charge >= 0.3 is 6.18 Å². The number of halogens is 5. The third-order valence-corrected chi connectivity index (χ3v) is 2.40. The van der Waals surface area contributed by atoms with E-state index >= 15 is 0 Å². The Bertz CT molecular complexity index is 552. The number of hydrogen-bond donors (Lipinski definition) is 0. The summed E-state index contributed by atoms with van der Waals surface area (Å²) in [5.41, 5.74) is -2.33. The van der Waals surface area contributed by atoms with E-state index in [2.05, 4.69) is 6.07 Å². The second kappa shape index (κ2) is 4.40. The van der Waals surface area contributed by atoms with Crippen LogP contribution in [0.1, 0.15) is 5.56 Å². The molecule has 0 N–H and O–H groups in total. The smallest absolute Gasteiger partial charge is 0.206 e. The molecule has 0 nitrogen and oxygen atoms in total. The number of alkyl halides is 3. The van der Waals surface area contributed by atoms with Crippen molar-refractivity contribution in [1.82, 2.24) is 0 Å². The molecule has 0 aliphatic carbocycles. The van der Waals surface area contributed by atoms with Crippen molar-refractivity contribution in [1.29, 1.82) is 0 Å². The topological polar surface area (TPSA) is 0 Å². The fraction of sp³-hybridized carbons (Fsp3) is 0.0769. The summed E-state index contributed by atoms with van der Waals surface area (Å²) < 4.78 is 65.2. The fourth-order valence-corrected chi connectivity index (χ4v) is 1.64. The second-order valence-electron chi connectivity index (χ2n) is 3.57. The second-order valence-corrected chi connectivity index (χ2v) is 3.57. The minimum absolute atomic E-state index is 0.531. The van der Waals surface area contributed by atoms with Crippen LogP contribution in [0.5, 0.6) is 0 Å². The lowest BCUT2D eigenvalue weighted by molar-refractivity contribution is -0.137. The molecule has 0 spiro atoms. The lowest BCUT2D eigenvalue weighted by Gasteiger charge is -2.13. The van der Waals surface area contributed by atoms with Crippen molar-refractivity contribution < 1.29 is 22.0 Å². The molecule has 2 aromatic carbocycles. The van der Waals surface area contributed by atoms with Gasteiger partial charge in [-0.1, -0.05) is 18.2 Å². The van der Waals surface area contributed by atoms with Crippen LogP contribution in [-0.2, 0) is 6.18 Å². The molecule has 0 aliphatic rings. The van der Waals surface area contributed by atoms with E-state index in [9.17, 15) is 22.0 Å². The summed E-state index contributed by atoms with van der Waals surface area (Å²) in [7, 11) is 0. The van der Waals surface area contributed by atoms with E-state index in [-0.39, 0.29) is 0 Å². The molecule has 18 heavy (non-hydrogen) atoms. The maximum absolute atomic E-state index is 13.5. The Morgan fingerprint density at radius 3 is 2.11 bits per heavy atom. The maximum atomic E-state index is 13.5. The van der Waals surface area contributed by atoms with E-state index in [0.29, 0.717) is 6.07 Å². The third kappa shape index (κ3) is 2.20. The van der Waals surface area contributed by atoms with Crippen LogP contribution in [0.15, 0.2) is 36.4 Å². The molecule has 0 aliphatic heterocycles. The van der Waals surface area contributed by atoms with Crippen LogP contribution in [0.4, 0.5) is 22.0 Å². The van der Waals surface area contributed by atoms with Crippen molar-refractivity contribution in [2.45, 2.75) is 6.18 Å². The number of rotatable bonds is 1. The van der Waals surface area contributed by atoms with Gasteiger partial charge in [0.05, 0.1) is 11.1 Å². The average molecular weight is 257 g/mol. The summed E-state index contributed by atoms with van der Waals surface area (Å²) in [6.45, 7) is 0. The molecule has 0 atom stereocenters. The molecule has 0 bridgehead atoms. The molecular weight excluding hydrogens is 251 g/mol. The highest BCUT2D eigenvalue weighted by Crippen LogP contribution is 2.38. The summed E-state index contributed by atoms with van der Waals surface area (Å²) in [6, 6.07) is 8.00. The lowest BCUT2D eigenvalue weighted by atomic mass is 9.98. The Balaban J connectivity index is 2.73. The van der Waals surface area contributed by atoms with Gasteiger partial charge < -0.3 is 0 Å². The monoisotopic (exact) mass is 257 g/mol. The Morgan fingerprint density at radius 2 is 1.56 bits per heavy atom. The highest BCUT2D eigenvalue weighted by atomic mass is 19.4. The molecule has 2 aromatic rings. The first-order valence-corrected chi connectivity index (χ1v) is 4.93. The molecule has 5 heteroatoms. The van der Waals surface area contributed by atoms with E-state index < -0.39 is 34.5 Å². The van der Waals surface area contributed by atoms with Crippen molar-refractivity contribution >= 4 is 0 Å². The molecule has 93 valence electrons. The molecular formula is C13H6F5. The van der Waals surface area contributed by atoms with Crippen LogP contribution in [0.2, 0.25) is 0 Å². The van der Waals surface area contributed by atoms with Gasteiger partial charge in [-0.2, -0.15) is 13.2 Å². The summed E-state index contributed by atoms with van der Waals surface area (Å²) >= 11 is 0. The van der Waals surface area contributed by atoms with Gasteiger partial charge in [0, 0.05) is 0 Å². The molecule has 0 unspecified atom stereocenters. The number of hydrogen-bond acceptors (Lipinski definition) is 0. The van der Waals surface area contributed by atoms with Crippen molar-refractivity contribution in [3.8, 4) is 11.1 Å². The Kier molecular flexibility index (Phi) is 3.07. The Labute approximate surface area is 99.7 Å². The van der Waals surface area contributed by atoms with E-state index in [1.54, 1.807) is 0 Å². The van der Waals surface area contributed by atoms with E-state index in [0.717, 1.165) is 24.3 Å². The van der Waals surface area contributed by atoms with Gasteiger partial charge in [-0.3, -0.25) is 0 Å². The third-order valence-electron chi connectivity index (χ3n) is 2.40. The quantitative estimate of drug-likeness (QED) is 0.662. The lowest BCUT2D eigenvalue weighted by Crippen LogP contribution is -2.08. The highest BCUT2D eigenvalue weighted by molar-refractivity contribution is 5.69. The summed E-state index contributed by atoms with van der Waals surface area (Å²) in [4.78, 5) is 0. The molecule has 1 radical (unpaired) electrons. The highest BCUT2D eigenvalue weighted by Gasteiger charge is 2.34. The van der Waals surface area contributed by atoms with Gasteiger partial charge in [0.15, 0.2) is 0 Å². The van der Waals surface area contributed by atoms with Crippen molar-refractivity contribution in [3.63, 3.8) is 0 Å². The summed E-state index contributed by atoms with van der Waals surface area (Å²) in [6.07, 6.45) is -4.69. The molecule has 0 amide bonds.